The summed E-state index contributed by atoms with van der Waals surface area (Å²) in [5.41, 5.74) is 4.15. The van der Waals surface area contributed by atoms with Crippen LogP contribution in [-0.2, 0) is 11.2 Å². The van der Waals surface area contributed by atoms with E-state index >= 15 is 0 Å². The van der Waals surface area contributed by atoms with Gasteiger partial charge in [0.25, 0.3) is 5.91 Å². The quantitative estimate of drug-likeness (QED) is 0.436. The lowest BCUT2D eigenvalue weighted by Gasteiger charge is -2.43. The summed E-state index contributed by atoms with van der Waals surface area (Å²) < 4.78 is 14.9. The lowest BCUT2D eigenvalue weighted by atomic mass is 9.95. The lowest BCUT2D eigenvalue weighted by molar-refractivity contribution is -0.916. The average Bonchev–Trinajstić information content (AvgIpc) is 3.34. The molecule has 0 N–H and O–H groups in total. The molecule has 4 rings (SSSR count). The van der Waals surface area contributed by atoms with E-state index in [1.165, 1.54) is 18.4 Å². The third-order valence-corrected chi connectivity index (χ3v) is 7.49. The first-order valence-electron chi connectivity index (χ1n) is 12.1. The minimum Gasteiger partial charge on any atom is -0.338 e. The Hall–Kier alpha value is -2.46. The Labute approximate surface area is 192 Å². The van der Waals surface area contributed by atoms with Gasteiger partial charge in [-0.2, -0.15) is 0 Å². The molecule has 0 bridgehead atoms. The molecule has 1 aliphatic carbocycles. The summed E-state index contributed by atoms with van der Waals surface area (Å²) in [6, 6.07) is 17.8. The fourth-order valence-corrected chi connectivity index (χ4v) is 5.35. The van der Waals surface area contributed by atoms with Gasteiger partial charge in [-0.1, -0.05) is 54.1 Å². The van der Waals surface area contributed by atoms with Crippen molar-refractivity contribution in [2.75, 3.05) is 33.7 Å². The number of likely N-dealkylation sites (tertiary alicyclic amines) is 1. The van der Waals surface area contributed by atoms with Gasteiger partial charge in [-0.15, -0.1) is 0 Å². The van der Waals surface area contributed by atoms with Crippen LogP contribution in [0.2, 0.25) is 0 Å². The molecule has 1 saturated heterocycles. The highest BCUT2D eigenvalue weighted by atomic mass is 19.1. The van der Waals surface area contributed by atoms with Crippen molar-refractivity contribution in [2.45, 2.75) is 51.0 Å². The van der Waals surface area contributed by atoms with Gasteiger partial charge in [0.1, 0.15) is 5.82 Å². The van der Waals surface area contributed by atoms with Gasteiger partial charge in [0.2, 0.25) is 0 Å². The number of halogens is 1. The van der Waals surface area contributed by atoms with Gasteiger partial charge in [0, 0.05) is 37.9 Å². The van der Waals surface area contributed by atoms with Gasteiger partial charge in [-0.25, -0.2) is 4.39 Å². The molecule has 2 aromatic rings. The first-order chi connectivity index (χ1) is 15.5. The first-order valence-corrected chi connectivity index (χ1v) is 12.1. The number of amides is 1. The molecule has 2 aromatic carbocycles. The van der Waals surface area contributed by atoms with E-state index in [9.17, 15) is 9.18 Å². The zero-order valence-electron chi connectivity index (χ0n) is 19.5. The minimum absolute atomic E-state index is 0.110. The highest BCUT2D eigenvalue weighted by Gasteiger charge is 2.35. The Morgan fingerprint density at radius 2 is 1.59 bits per heavy atom. The Kier molecular flexibility index (Phi) is 7.10. The van der Waals surface area contributed by atoms with Crippen molar-refractivity contribution in [2.24, 2.45) is 0 Å². The minimum atomic E-state index is -0.110. The number of nitrogens with zero attached hydrogens (tertiary/aromatic N) is 2. The number of carbonyl (C=O) groups excluding carboxylic acids is 1. The lowest BCUT2D eigenvalue weighted by Crippen LogP contribution is -2.55. The molecule has 2 fully saturated rings. The van der Waals surface area contributed by atoms with Gasteiger partial charge >= 0.3 is 0 Å². The predicted octanol–water partition coefficient (Wildman–Crippen LogP) is 5.46. The zero-order valence-corrected chi connectivity index (χ0v) is 19.5. The fraction of sp³-hybridized carbons (Fsp3) is 0.464. The Balaban J connectivity index is 1.40. The molecule has 0 atom stereocenters. The average molecular weight is 436 g/mol. The second kappa shape index (κ2) is 9.99. The summed E-state index contributed by atoms with van der Waals surface area (Å²) >= 11 is 0. The summed E-state index contributed by atoms with van der Waals surface area (Å²) in [5, 5.41) is 0. The number of hydrogen-bond acceptors (Lipinski definition) is 1. The zero-order chi connectivity index (χ0) is 22.6. The SMILES string of the molecule is C[N+](C)(CCc1ccccc1F)C1CCN(C(=O)C(=C2CCCC2)c2ccccc2)CC1. The molecule has 1 aliphatic heterocycles. The van der Waals surface area contributed by atoms with Gasteiger partial charge < -0.3 is 9.38 Å². The number of hydrogen-bond donors (Lipinski definition) is 0. The van der Waals surface area contributed by atoms with Gasteiger partial charge in [-0.05, 0) is 42.9 Å². The third-order valence-electron chi connectivity index (χ3n) is 7.49. The number of rotatable bonds is 6. The van der Waals surface area contributed by atoms with E-state index in [-0.39, 0.29) is 11.7 Å². The molecule has 2 aliphatic rings. The van der Waals surface area contributed by atoms with Crippen LogP contribution in [0.4, 0.5) is 4.39 Å². The summed E-state index contributed by atoms with van der Waals surface area (Å²) in [6.07, 6.45) is 7.20. The number of benzene rings is 2. The first kappa shape index (κ1) is 22.7. The van der Waals surface area contributed by atoms with Crippen molar-refractivity contribution >= 4 is 11.5 Å². The summed E-state index contributed by atoms with van der Waals surface area (Å²) in [4.78, 5) is 15.7. The van der Waals surface area contributed by atoms with Crippen molar-refractivity contribution in [1.29, 1.82) is 0 Å². The highest BCUT2D eigenvalue weighted by Crippen LogP contribution is 2.34. The van der Waals surface area contributed by atoms with Crippen LogP contribution in [0.15, 0.2) is 60.2 Å². The van der Waals surface area contributed by atoms with Crippen molar-refractivity contribution in [3.8, 4) is 0 Å². The normalized spacial score (nSPS) is 17.6. The van der Waals surface area contributed by atoms with Crippen molar-refractivity contribution in [3.05, 3.63) is 77.1 Å². The molecule has 0 spiro atoms. The standard InChI is InChI=1S/C28H36FN2O/c1-31(2,21-18-22-10-8-9-15-26(22)29)25-16-19-30(20-17-25)28(32)27(24-13-6-7-14-24)23-11-4-3-5-12-23/h3-5,8-12,15,25H,6-7,13-14,16-21H2,1-2H3/q+1. The third kappa shape index (κ3) is 5.12. The molecule has 0 radical (unpaired) electrons. The van der Waals surface area contributed by atoms with E-state index in [4.69, 9.17) is 0 Å². The van der Waals surface area contributed by atoms with Crippen LogP contribution < -0.4 is 0 Å². The van der Waals surface area contributed by atoms with Gasteiger partial charge in [0.05, 0.1) is 26.7 Å². The van der Waals surface area contributed by atoms with Crippen LogP contribution in [0.1, 0.15) is 49.7 Å². The summed E-state index contributed by atoms with van der Waals surface area (Å²) in [7, 11) is 4.50. The Bertz CT molecular complexity index is 950. The molecule has 32 heavy (non-hydrogen) atoms. The molecule has 1 saturated carbocycles. The fourth-order valence-electron chi connectivity index (χ4n) is 5.35. The maximum absolute atomic E-state index is 14.0. The number of carbonyl (C=O) groups is 1. The van der Waals surface area contributed by atoms with Gasteiger partial charge in [-0.3, -0.25) is 4.79 Å². The summed E-state index contributed by atoms with van der Waals surface area (Å²) in [5.74, 6) is 0.101. The van der Waals surface area contributed by atoms with Crippen molar-refractivity contribution < 1.29 is 13.7 Å². The van der Waals surface area contributed by atoms with Crippen LogP contribution in [-0.4, -0.2) is 55.1 Å². The van der Waals surface area contributed by atoms with Crippen LogP contribution in [0.5, 0.6) is 0 Å². The molecular weight excluding hydrogens is 399 g/mol. The molecule has 3 nitrogen and oxygen atoms in total. The second-order valence-corrected chi connectivity index (χ2v) is 9.92. The predicted molar refractivity (Wildman–Crippen MR) is 129 cm³/mol. The number of likely N-dealkylation sites (N-methyl/N-ethyl adjacent to an activating group) is 1. The molecule has 170 valence electrons. The van der Waals surface area contributed by atoms with Crippen molar-refractivity contribution in [1.82, 2.24) is 4.90 Å². The molecule has 1 amide bonds. The summed E-state index contributed by atoms with van der Waals surface area (Å²) in [6.45, 7) is 2.50. The monoisotopic (exact) mass is 435 g/mol. The van der Waals surface area contributed by atoms with E-state index in [0.29, 0.717) is 6.04 Å². The topological polar surface area (TPSA) is 20.3 Å². The largest absolute Gasteiger partial charge is 0.338 e. The van der Waals surface area contributed by atoms with E-state index in [2.05, 4.69) is 31.1 Å². The molecule has 0 unspecified atom stereocenters. The van der Waals surface area contributed by atoms with Crippen LogP contribution in [0.3, 0.4) is 0 Å². The Morgan fingerprint density at radius 1 is 0.969 bits per heavy atom. The number of piperidine rings is 1. The van der Waals surface area contributed by atoms with E-state index in [1.54, 1.807) is 12.1 Å². The van der Waals surface area contributed by atoms with Crippen LogP contribution in [0, 0.1) is 5.82 Å². The van der Waals surface area contributed by atoms with E-state index in [0.717, 1.165) is 72.9 Å². The van der Waals surface area contributed by atoms with Crippen molar-refractivity contribution in [3.63, 3.8) is 0 Å². The molecule has 1 heterocycles. The van der Waals surface area contributed by atoms with Gasteiger partial charge in [0.15, 0.2) is 0 Å². The molecular formula is C28H36FN2O+. The maximum Gasteiger partial charge on any atom is 0.254 e. The van der Waals surface area contributed by atoms with Crippen LogP contribution in [0.25, 0.3) is 5.57 Å². The molecule has 4 heteroatoms. The maximum atomic E-state index is 14.0. The Morgan fingerprint density at radius 3 is 2.25 bits per heavy atom. The highest BCUT2D eigenvalue weighted by molar-refractivity contribution is 6.20. The molecule has 0 aromatic heterocycles. The van der Waals surface area contributed by atoms with E-state index < -0.39 is 0 Å². The number of quaternary nitrogens is 1. The van der Waals surface area contributed by atoms with E-state index in [1.807, 2.05) is 30.3 Å². The smallest absolute Gasteiger partial charge is 0.254 e. The second-order valence-electron chi connectivity index (χ2n) is 9.92. The van der Waals surface area contributed by atoms with Crippen LogP contribution >= 0.6 is 0 Å². The number of allylic oxidation sites excluding steroid dienone is 1.